The van der Waals surface area contributed by atoms with Gasteiger partial charge < -0.3 is 10.4 Å². The number of hydrogen-bond acceptors (Lipinski definition) is 2. The number of halogens is 2. The van der Waals surface area contributed by atoms with Crippen molar-refractivity contribution in [2.45, 2.75) is 31.2 Å². The largest absolute Gasteiger partial charge is 0.481 e. The molecule has 0 atom stereocenters. The molecule has 6 heteroatoms. The lowest BCUT2D eigenvalue weighted by atomic mass is 9.74. The Kier molecular flexibility index (Phi) is 3.75. The first-order valence-electron chi connectivity index (χ1n) is 5.91. The maximum atomic E-state index is 13.6. The number of rotatable bonds is 4. The summed E-state index contributed by atoms with van der Waals surface area (Å²) in [5.74, 6) is -2.29. The summed E-state index contributed by atoms with van der Waals surface area (Å²) in [7, 11) is 0. The van der Waals surface area contributed by atoms with Crippen LogP contribution in [0.1, 0.15) is 36.0 Å². The third-order valence-corrected chi connectivity index (χ3v) is 3.59. The molecule has 0 saturated heterocycles. The van der Waals surface area contributed by atoms with Crippen LogP contribution in [-0.4, -0.2) is 22.5 Å². The van der Waals surface area contributed by atoms with Crippen molar-refractivity contribution in [1.82, 2.24) is 5.32 Å². The van der Waals surface area contributed by atoms with E-state index in [-0.39, 0.29) is 17.0 Å². The van der Waals surface area contributed by atoms with Crippen molar-refractivity contribution < 1.29 is 19.1 Å². The monoisotopic (exact) mass is 285 g/mol. The lowest BCUT2D eigenvalue weighted by Gasteiger charge is -2.41. The van der Waals surface area contributed by atoms with Crippen LogP contribution in [0.2, 0.25) is 5.02 Å². The van der Waals surface area contributed by atoms with Crippen LogP contribution in [0.25, 0.3) is 0 Å². The second kappa shape index (κ2) is 5.17. The molecule has 19 heavy (non-hydrogen) atoms. The highest BCUT2D eigenvalue weighted by Crippen LogP contribution is 2.35. The molecule has 4 nitrogen and oxygen atoms in total. The predicted octanol–water partition coefficient (Wildman–Crippen LogP) is 2.61. The third-order valence-electron chi connectivity index (χ3n) is 3.35. The molecule has 1 amide bonds. The number of carbonyl (C=O) groups excluding carboxylic acids is 1. The molecule has 1 aromatic rings. The number of hydrogen-bond donors (Lipinski definition) is 2. The fourth-order valence-corrected chi connectivity index (χ4v) is 2.38. The van der Waals surface area contributed by atoms with E-state index in [0.717, 1.165) is 12.5 Å². The van der Waals surface area contributed by atoms with E-state index >= 15 is 0 Å². The number of nitrogens with one attached hydrogen (secondary N) is 1. The highest BCUT2D eigenvalue weighted by molar-refractivity contribution is 6.30. The zero-order valence-corrected chi connectivity index (χ0v) is 10.8. The second-order valence-corrected chi connectivity index (χ2v) is 5.22. The van der Waals surface area contributed by atoms with Gasteiger partial charge in [-0.05, 0) is 37.5 Å². The van der Waals surface area contributed by atoms with Gasteiger partial charge in [0.05, 0.1) is 17.5 Å². The van der Waals surface area contributed by atoms with E-state index in [2.05, 4.69) is 5.32 Å². The van der Waals surface area contributed by atoms with E-state index in [9.17, 15) is 14.0 Å². The summed E-state index contributed by atoms with van der Waals surface area (Å²) < 4.78 is 13.6. The first kappa shape index (κ1) is 13.8. The van der Waals surface area contributed by atoms with Gasteiger partial charge in [0.25, 0.3) is 5.91 Å². The van der Waals surface area contributed by atoms with E-state index in [1.807, 2.05) is 0 Å². The van der Waals surface area contributed by atoms with Crippen LogP contribution < -0.4 is 5.32 Å². The van der Waals surface area contributed by atoms with Gasteiger partial charge in [-0.3, -0.25) is 9.59 Å². The normalized spacial score (nSPS) is 16.5. The highest BCUT2D eigenvalue weighted by atomic mass is 35.5. The SMILES string of the molecule is O=C(O)CC1(NC(=O)c2ccc(Cl)cc2F)CCC1. The van der Waals surface area contributed by atoms with Crippen LogP contribution in [-0.2, 0) is 4.79 Å². The van der Waals surface area contributed by atoms with Gasteiger partial charge in [-0.25, -0.2) is 4.39 Å². The molecule has 102 valence electrons. The fourth-order valence-electron chi connectivity index (χ4n) is 2.22. The van der Waals surface area contributed by atoms with Gasteiger partial charge in [0.15, 0.2) is 0 Å². The molecular weight excluding hydrogens is 273 g/mol. The minimum Gasteiger partial charge on any atom is -0.481 e. The Bertz CT molecular complexity index is 529. The summed E-state index contributed by atoms with van der Waals surface area (Å²) in [6.07, 6.45) is 1.91. The van der Waals surface area contributed by atoms with E-state index < -0.39 is 23.2 Å². The molecule has 1 saturated carbocycles. The molecule has 0 bridgehead atoms. The average Bonchev–Trinajstić information content (AvgIpc) is 2.25. The number of carboxylic acids is 1. The van der Waals surface area contributed by atoms with Gasteiger partial charge >= 0.3 is 5.97 Å². The number of amides is 1. The van der Waals surface area contributed by atoms with E-state index in [1.165, 1.54) is 12.1 Å². The zero-order valence-electron chi connectivity index (χ0n) is 10.1. The maximum Gasteiger partial charge on any atom is 0.305 e. The molecular formula is C13H13ClFNO3. The molecule has 2 rings (SSSR count). The molecule has 1 aliphatic carbocycles. The van der Waals surface area contributed by atoms with Gasteiger partial charge in [0.2, 0.25) is 0 Å². The van der Waals surface area contributed by atoms with Crippen molar-refractivity contribution in [1.29, 1.82) is 0 Å². The van der Waals surface area contributed by atoms with Crippen molar-refractivity contribution in [2.24, 2.45) is 0 Å². The van der Waals surface area contributed by atoms with Crippen molar-refractivity contribution in [3.63, 3.8) is 0 Å². The third kappa shape index (κ3) is 3.04. The maximum absolute atomic E-state index is 13.6. The number of carbonyl (C=O) groups is 2. The summed E-state index contributed by atoms with van der Waals surface area (Å²) in [5, 5.41) is 11.7. The molecule has 0 radical (unpaired) electrons. The van der Waals surface area contributed by atoms with E-state index in [1.54, 1.807) is 0 Å². The van der Waals surface area contributed by atoms with Crippen molar-refractivity contribution in [3.05, 3.63) is 34.6 Å². The Hall–Kier alpha value is -1.62. The zero-order chi connectivity index (χ0) is 14.0. The Balaban J connectivity index is 2.13. The summed E-state index contributed by atoms with van der Waals surface area (Å²) in [6, 6.07) is 3.77. The predicted molar refractivity (Wildman–Crippen MR) is 67.7 cm³/mol. The summed E-state index contributed by atoms with van der Waals surface area (Å²) in [4.78, 5) is 22.8. The van der Waals surface area contributed by atoms with E-state index in [0.29, 0.717) is 12.8 Å². The fraction of sp³-hybridized carbons (Fsp3) is 0.385. The van der Waals surface area contributed by atoms with Crippen molar-refractivity contribution in [3.8, 4) is 0 Å². The Morgan fingerprint density at radius 2 is 2.11 bits per heavy atom. The van der Waals surface area contributed by atoms with Crippen LogP contribution in [0.4, 0.5) is 4.39 Å². The smallest absolute Gasteiger partial charge is 0.305 e. The molecule has 1 fully saturated rings. The van der Waals surface area contributed by atoms with Crippen LogP contribution in [0.15, 0.2) is 18.2 Å². The van der Waals surface area contributed by atoms with Crippen LogP contribution in [0.3, 0.4) is 0 Å². The molecule has 0 heterocycles. The minimum atomic E-state index is -0.975. The van der Waals surface area contributed by atoms with Gasteiger partial charge in [0.1, 0.15) is 5.82 Å². The summed E-state index contributed by atoms with van der Waals surface area (Å²) in [5.41, 5.74) is -0.865. The quantitative estimate of drug-likeness (QED) is 0.893. The molecule has 2 N–H and O–H groups in total. The lowest BCUT2D eigenvalue weighted by Crippen LogP contribution is -2.54. The Morgan fingerprint density at radius 3 is 2.58 bits per heavy atom. The van der Waals surface area contributed by atoms with Gasteiger partial charge in [-0.15, -0.1) is 0 Å². The van der Waals surface area contributed by atoms with Gasteiger partial charge in [-0.1, -0.05) is 11.6 Å². The molecule has 0 aliphatic heterocycles. The first-order valence-corrected chi connectivity index (χ1v) is 6.29. The summed E-state index contributed by atoms with van der Waals surface area (Å²) >= 11 is 5.61. The van der Waals surface area contributed by atoms with Crippen molar-refractivity contribution >= 4 is 23.5 Å². The Morgan fingerprint density at radius 1 is 1.42 bits per heavy atom. The molecule has 0 spiro atoms. The minimum absolute atomic E-state index is 0.124. The van der Waals surface area contributed by atoms with Crippen LogP contribution in [0.5, 0.6) is 0 Å². The summed E-state index contributed by atoms with van der Waals surface area (Å²) in [6.45, 7) is 0. The average molecular weight is 286 g/mol. The number of carboxylic acid groups (broad SMARTS) is 1. The number of aliphatic carboxylic acids is 1. The van der Waals surface area contributed by atoms with Crippen molar-refractivity contribution in [2.75, 3.05) is 0 Å². The second-order valence-electron chi connectivity index (χ2n) is 4.78. The standard InChI is InChI=1S/C13H13ClFNO3/c14-8-2-3-9(10(15)6-8)12(19)16-13(4-1-5-13)7-11(17)18/h2-3,6H,1,4-5,7H2,(H,16,19)(H,17,18). The van der Waals surface area contributed by atoms with Gasteiger partial charge in [-0.2, -0.15) is 0 Å². The van der Waals surface area contributed by atoms with Crippen LogP contribution in [0, 0.1) is 5.82 Å². The molecule has 1 aliphatic rings. The van der Waals surface area contributed by atoms with Crippen LogP contribution >= 0.6 is 11.6 Å². The highest BCUT2D eigenvalue weighted by Gasteiger charge is 2.40. The number of benzene rings is 1. The Labute approximate surface area is 114 Å². The van der Waals surface area contributed by atoms with E-state index in [4.69, 9.17) is 16.7 Å². The first-order chi connectivity index (χ1) is 8.92. The molecule has 0 unspecified atom stereocenters. The molecule has 0 aromatic heterocycles. The lowest BCUT2D eigenvalue weighted by molar-refractivity contribution is -0.139. The molecule has 1 aromatic carbocycles. The van der Waals surface area contributed by atoms with Gasteiger partial charge in [0, 0.05) is 5.02 Å². The topological polar surface area (TPSA) is 66.4 Å².